The zero-order chi connectivity index (χ0) is 22.6. The number of benzene rings is 2. The molecule has 2 aliphatic heterocycles. The van der Waals surface area contributed by atoms with Gasteiger partial charge in [0.2, 0.25) is 5.43 Å². The third kappa shape index (κ3) is 3.12. The van der Waals surface area contributed by atoms with Crippen LogP contribution in [0.1, 0.15) is 17.3 Å². The molecule has 0 radical (unpaired) electrons. The standard InChI is InChI=1S/C23H22F2N4O3/c1-3-32-23(31)15-12-29-18-5-4-13(24)10-17(18)26-19-20(29)14(22(15)30)11-16(25)21(19)28-8-6-27(2)7-9-28/h4-5,10-12,26H,3,6-9H2,1-2H3. The number of likely N-dealkylation sites (N-methyl/N-ethyl adjacent to an activating group) is 1. The van der Waals surface area contributed by atoms with Crippen molar-refractivity contribution in [2.24, 2.45) is 0 Å². The molecule has 5 rings (SSSR count). The zero-order valence-electron chi connectivity index (χ0n) is 17.7. The zero-order valence-corrected chi connectivity index (χ0v) is 17.7. The van der Waals surface area contributed by atoms with Gasteiger partial charge in [0, 0.05) is 32.4 Å². The van der Waals surface area contributed by atoms with Crippen molar-refractivity contribution in [3.63, 3.8) is 0 Å². The van der Waals surface area contributed by atoms with Gasteiger partial charge in [0.1, 0.15) is 17.2 Å². The molecule has 0 amide bonds. The van der Waals surface area contributed by atoms with Crippen molar-refractivity contribution < 1.29 is 18.3 Å². The molecule has 0 saturated carbocycles. The van der Waals surface area contributed by atoms with Crippen molar-refractivity contribution >= 4 is 33.9 Å². The maximum atomic E-state index is 15.5. The van der Waals surface area contributed by atoms with Crippen molar-refractivity contribution in [3.05, 3.63) is 57.9 Å². The van der Waals surface area contributed by atoms with Gasteiger partial charge < -0.3 is 24.4 Å². The van der Waals surface area contributed by atoms with Crippen molar-refractivity contribution in [3.8, 4) is 5.69 Å². The van der Waals surface area contributed by atoms with E-state index in [0.717, 1.165) is 13.1 Å². The minimum absolute atomic E-state index is 0.0587. The average molecular weight is 440 g/mol. The van der Waals surface area contributed by atoms with Crippen molar-refractivity contribution in [2.45, 2.75) is 6.92 Å². The molecule has 0 unspecified atom stereocenters. The summed E-state index contributed by atoms with van der Waals surface area (Å²) in [5.74, 6) is -1.82. The van der Waals surface area contributed by atoms with Crippen LogP contribution < -0.4 is 15.6 Å². The van der Waals surface area contributed by atoms with Crippen LogP contribution >= 0.6 is 0 Å². The summed E-state index contributed by atoms with van der Waals surface area (Å²) in [6, 6.07) is 5.35. The predicted molar refractivity (Wildman–Crippen MR) is 118 cm³/mol. The van der Waals surface area contributed by atoms with Crippen molar-refractivity contribution in [2.75, 3.05) is 50.1 Å². The largest absolute Gasteiger partial charge is 0.462 e. The summed E-state index contributed by atoms with van der Waals surface area (Å²) >= 11 is 0. The quantitative estimate of drug-likeness (QED) is 0.494. The number of piperazine rings is 1. The molecule has 0 spiro atoms. The van der Waals surface area contributed by atoms with E-state index < -0.39 is 23.0 Å². The number of halogens is 2. The lowest BCUT2D eigenvalue weighted by atomic mass is 10.0. The van der Waals surface area contributed by atoms with Crippen LogP contribution in [-0.4, -0.2) is 55.3 Å². The van der Waals surface area contributed by atoms with Crippen LogP contribution in [0.5, 0.6) is 0 Å². The summed E-state index contributed by atoms with van der Waals surface area (Å²) < 4.78 is 36.2. The Morgan fingerprint density at radius 1 is 1.16 bits per heavy atom. The Bertz CT molecular complexity index is 1310. The number of rotatable bonds is 3. The van der Waals surface area contributed by atoms with Crippen LogP contribution in [0, 0.1) is 11.6 Å². The van der Waals surface area contributed by atoms with Crippen LogP contribution in [0.3, 0.4) is 0 Å². The molecule has 32 heavy (non-hydrogen) atoms. The first kappa shape index (κ1) is 20.4. The fourth-order valence-electron chi connectivity index (χ4n) is 4.41. The summed E-state index contributed by atoms with van der Waals surface area (Å²) in [6.45, 7) is 4.47. The van der Waals surface area contributed by atoms with Gasteiger partial charge in [-0.05, 0) is 38.2 Å². The minimum Gasteiger partial charge on any atom is -0.462 e. The first-order valence-corrected chi connectivity index (χ1v) is 10.5. The van der Waals surface area contributed by atoms with Gasteiger partial charge in [0.15, 0.2) is 0 Å². The Morgan fingerprint density at radius 3 is 2.62 bits per heavy atom. The maximum Gasteiger partial charge on any atom is 0.343 e. The number of nitrogens with one attached hydrogen (secondary N) is 1. The highest BCUT2D eigenvalue weighted by Gasteiger charge is 2.30. The molecule has 3 heterocycles. The van der Waals surface area contributed by atoms with E-state index in [1.165, 1.54) is 24.4 Å². The van der Waals surface area contributed by atoms with E-state index in [1.54, 1.807) is 17.6 Å². The van der Waals surface area contributed by atoms with Gasteiger partial charge in [-0.25, -0.2) is 13.6 Å². The third-order valence-corrected chi connectivity index (χ3v) is 6.01. The number of hydrogen-bond acceptors (Lipinski definition) is 6. The minimum atomic E-state index is -0.782. The number of ether oxygens (including phenoxy) is 1. The van der Waals surface area contributed by atoms with Crippen LogP contribution in [0.4, 0.5) is 25.8 Å². The lowest BCUT2D eigenvalue weighted by Gasteiger charge is -2.37. The molecule has 2 aromatic carbocycles. The predicted octanol–water partition coefficient (Wildman–Crippen LogP) is 3.25. The number of aromatic nitrogens is 1. The van der Waals surface area contributed by atoms with Crippen LogP contribution in [0.25, 0.3) is 16.6 Å². The smallest absolute Gasteiger partial charge is 0.343 e. The van der Waals surface area contributed by atoms with Gasteiger partial charge in [-0.3, -0.25) is 4.79 Å². The third-order valence-electron chi connectivity index (χ3n) is 6.01. The van der Waals surface area contributed by atoms with Crippen LogP contribution in [0.2, 0.25) is 0 Å². The Labute approximate surface area is 182 Å². The maximum absolute atomic E-state index is 15.5. The van der Waals surface area contributed by atoms with Gasteiger partial charge in [-0.1, -0.05) is 0 Å². The molecule has 3 aromatic rings. The summed E-state index contributed by atoms with van der Waals surface area (Å²) in [6.07, 6.45) is 1.40. The van der Waals surface area contributed by atoms with Crippen molar-refractivity contribution in [1.29, 1.82) is 0 Å². The highest BCUT2D eigenvalue weighted by molar-refractivity contribution is 6.06. The normalized spacial score (nSPS) is 15.4. The van der Waals surface area contributed by atoms with Gasteiger partial charge in [-0.15, -0.1) is 0 Å². The van der Waals surface area contributed by atoms with Gasteiger partial charge in [-0.2, -0.15) is 0 Å². The molecule has 0 bridgehead atoms. The topological polar surface area (TPSA) is 66.8 Å². The van der Waals surface area contributed by atoms with Gasteiger partial charge in [0.25, 0.3) is 0 Å². The van der Waals surface area contributed by atoms with Gasteiger partial charge >= 0.3 is 5.97 Å². The number of anilines is 3. The Morgan fingerprint density at radius 2 is 1.91 bits per heavy atom. The number of fused-ring (bicyclic) bond motifs is 2. The molecule has 1 saturated heterocycles. The van der Waals surface area contributed by atoms with E-state index in [9.17, 15) is 14.0 Å². The van der Waals surface area contributed by atoms with E-state index in [0.29, 0.717) is 41.4 Å². The highest BCUT2D eigenvalue weighted by Crippen LogP contribution is 2.43. The summed E-state index contributed by atoms with van der Waals surface area (Å²) in [5.41, 5.74) is 1.31. The molecular formula is C23H22F2N4O3. The first-order chi connectivity index (χ1) is 15.4. The molecule has 1 aromatic heterocycles. The van der Waals surface area contributed by atoms with E-state index >= 15 is 4.39 Å². The average Bonchev–Trinajstić information content (AvgIpc) is 2.76. The second-order valence-electron chi connectivity index (χ2n) is 8.02. The molecule has 0 aliphatic carbocycles. The number of esters is 1. The van der Waals surface area contributed by atoms with E-state index in [-0.39, 0.29) is 17.6 Å². The number of pyridine rings is 1. The van der Waals surface area contributed by atoms with Gasteiger partial charge in [0.05, 0.1) is 40.3 Å². The van der Waals surface area contributed by atoms with E-state index in [2.05, 4.69) is 10.2 Å². The Hall–Kier alpha value is -3.46. The number of carbonyl (C=O) groups is 1. The SMILES string of the molecule is CCOC(=O)c1cn2c3c(c(N4CCN(C)CC4)c(F)cc3c1=O)Nc1cc(F)ccc1-2. The molecule has 1 N–H and O–H groups in total. The summed E-state index contributed by atoms with van der Waals surface area (Å²) in [7, 11) is 2.00. The highest BCUT2D eigenvalue weighted by atomic mass is 19.1. The Balaban J connectivity index is 1.83. The van der Waals surface area contributed by atoms with Crippen LogP contribution in [-0.2, 0) is 4.74 Å². The number of carbonyl (C=O) groups excluding carboxylic acids is 1. The molecule has 9 heteroatoms. The molecule has 7 nitrogen and oxygen atoms in total. The second kappa shape index (κ2) is 7.59. The summed E-state index contributed by atoms with van der Waals surface area (Å²) in [4.78, 5) is 29.7. The van der Waals surface area contributed by atoms with Crippen LogP contribution in [0.15, 0.2) is 35.3 Å². The van der Waals surface area contributed by atoms with E-state index in [1.807, 2.05) is 11.9 Å². The molecular weight excluding hydrogens is 418 g/mol. The molecule has 166 valence electrons. The van der Waals surface area contributed by atoms with Crippen molar-refractivity contribution in [1.82, 2.24) is 9.47 Å². The monoisotopic (exact) mass is 440 g/mol. The second-order valence-corrected chi connectivity index (χ2v) is 8.02. The fraction of sp³-hybridized carbons (Fsp3) is 0.304. The Kier molecular flexibility index (Phi) is 4.85. The molecule has 0 atom stereocenters. The lowest BCUT2D eigenvalue weighted by Crippen LogP contribution is -2.45. The fourth-order valence-corrected chi connectivity index (χ4v) is 4.41. The molecule has 2 aliphatic rings. The summed E-state index contributed by atoms with van der Waals surface area (Å²) in [5, 5.41) is 3.21. The number of hydrogen-bond donors (Lipinski definition) is 1. The first-order valence-electron chi connectivity index (χ1n) is 10.5. The lowest BCUT2D eigenvalue weighted by molar-refractivity contribution is 0.0524. The molecule has 1 fully saturated rings. The number of nitrogens with zero attached hydrogens (tertiary/aromatic N) is 3. The van der Waals surface area contributed by atoms with E-state index in [4.69, 9.17) is 4.74 Å².